The van der Waals surface area contributed by atoms with Gasteiger partial charge in [-0.15, -0.1) is 0 Å². The molecule has 2 heterocycles. The standard InChI is InChI=1S/C44H29N3O/c1-44(2)37-17-8-6-13-31(37)36-25-35-28(24-38(36)44)20-19-27-23-29(21-22-30(27)35)42-45-41(26-11-4-3-5-12-26)46-43(47-42)34-16-10-15-33-32-14-7-9-18-39(32)48-40(33)34/h3-25H,1-2H3. The minimum absolute atomic E-state index is 0.0293. The zero-order valence-corrected chi connectivity index (χ0v) is 26.5. The van der Waals surface area contributed by atoms with E-state index in [1.54, 1.807) is 0 Å². The molecule has 226 valence electrons. The Morgan fingerprint density at radius 3 is 2.00 bits per heavy atom. The van der Waals surface area contributed by atoms with Gasteiger partial charge in [0.1, 0.15) is 11.2 Å². The molecule has 1 aliphatic carbocycles. The SMILES string of the molecule is CC1(C)c2ccccc2-c2cc3c(ccc4cc(-c5nc(-c6ccccc6)nc(-c6cccc7c6oc6ccccc67)n5)ccc43)cc21. The Morgan fingerprint density at radius 1 is 0.438 bits per heavy atom. The summed E-state index contributed by atoms with van der Waals surface area (Å²) >= 11 is 0. The summed E-state index contributed by atoms with van der Waals surface area (Å²) in [5, 5.41) is 6.98. The summed E-state index contributed by atoms with van der Waals surface area (Å²) in [7, 11) is 0. The van der Waals surface area contributed by atoms with Gasteiger partial charge in [0.05, 0.1) is 5.56 Å². The molecule has 48 heavy (non-hydrogen) atoms. The molecule has 0 atom stereocenters. The largest absolute Gasteiger partial charge is 0.455 e. The van der Waals surface area contributed by atoms with Crippen molar-refractivity contribution in [3.63, 3.8) is 0 Å². The van der Waals surface area contributed by atoms with Crippen molar-refractivity contribution in [2.75, 3.05) is 0 Å². The van der Waals surface area contributed by atoms with Crippen molar-refractivity contribution < 1.29 is 4.42 Å². The molecule has 0 unspecified atom stereocenters. The average Bonchev–Trinajstić information content (AvgIpc) is 3.63. The van der Waals surface area contributed by atoms with Crippen molar-refractivity contribution in [2.24, 2.45) is 0 Å². The Balaban J connectivity index is 1.16. The van der Waals surface area contributed by atoms with Crippen LogP contribution in [0.4, 0.5) is 0 Å². The summed E-state index contributed by atoms with van der Waals surface area (Å²) in [6, 6.07) is 49.0. The Morgan fingerprint density at radius 2 is 1.12 bits per heavy atom. The second-order valence-electron chi connectivity index (χ2n) is 13.2. The van der Waals surface area contributed by atoms with Gasteiger partial charge in [-0.1, -0.05) is 123 Å². The zero-order valence-electron chi connectivity index (χ0n) is 26.5. The third-order valence-corrected chi connectivity index (χ3v) is 10.1. The van der Waals surface area contributed by atoms with Crippen LogP contribution in [0.2, 0.25) is 0 Å². The van der Waals surface area contributed by atoms with Crippen LogP contribution in [-0.2, 0) is 5.41 Å². The molecule has 0 bridgehead atoms. The summed E-state index contributed by atoms with van der Waals surface area (Å²) in [5.74, 6) is 1.83. The molecule has 9 aromatic rings. The number of benzene rings is 7. The average molecular weight is 616 g/mol. The minimum Gasteiger partial charge on any atom is -0.455 e. The zero-order chi connectivity index (χ0) is 32.0. The number of hydrogen-bond acceptors (Lipinski definition) is 4. The van der Waals surface area contributed by atoms with E-state index >= 15 is 0 Å². The third-order valence-electron chi connectivity index (χ3n) is 10.1. The highest BCUT2D eigenvalue weighted by Gasteiger charge is 2.35. The van der Waals surface area contributed by atoms with E-state index in [-0.39, 0.29) is 5.41 Å². The fourth-order valence-electron chi connectivity index (χ4n) is 7.67. The van der Waals surface area contributed by atoms with Gasteiger partial charge in [-0.3, -0.25) is 0 Å². The second-order valence-corrected chi connectivity index (χ2v) is 13.2. The highest BCUT2D eigenvalue weighted by molar-refractivity contribution is 6.11. The first-order valence-electron chi connectivity index (χ1n) is 16.4. The van der Waals surface area contributed by atoms with Crippen molar-refractivity contribution in [3.8, 4) is 45.3 Å². The van der Waals surface area contributed by atoms with Gasteiger partial charge in [-0.05, 0) is 74.1 Å². The van der Waals surface area contributed by atoms with Gasteiger partial charge in [-0.2, -0.15) is 0 Å². The van der Waals surface area contributed by atoms with Crippen LogP contribution < -0.4 is 0 Å². The molecule has 0 fully saturated rings. The van der Waals surface area contributed by atoms with Gasteiger partial charge < -0.3 is 4.42 Å². The lowest BCUT2D eigenvalue weighted by Gasteiger charge is -2.21. The lowest BCUT2D eigenvalue weighted by atomic mass is 9.81. The molecule has 1 aliphatic rings. The van der Waals surface area contributed by atoms with E-state index in [9.17, 15) is 0 Å². The maximum atomic E-state index is 6.39. The van der Waals surface area contributed by atoms with Crippen molar-refractivity contribution >= 4 is 43.5 Å². The molecule has 0 amide bonds. The highest BCUT2D eigenvalue weighted by atomic mass is 16.3. The molecule has 10 rings (SSSR count). The van der Waals surface area contributed by atoms with E-state index in [1.807, 2.05) is 60.7 Å². The summed E-state index contributed by atoms with van der Waals surface area (Å²) < 4.78 is 6.39. The van der Waals surface area contributed by atoms with E-state index < -0.39 is 0 Å². The maximum Gasteiger partial charge on any atom is 0.167 e. The Labute approximate surface area is 277 Å². The molecule has 4 heteroatoms. The van der Waals surface area contributed by atoms with Gasteiger partial charge >= 0.3 is 0 Å². The smallest absolute Gasteiger partial charge is 0.167 e. The Kier molecular flexibility index (Phi) is 5.59. The molecule has 0 radical (unpaired) electrons. The van der Waals surface area contributed by atoms with Gasteiger partial charge in [0, 0.05) is 27.3 Å². The van der Waals surface area contributed by atoms with Gasteiger partial charge in [0.15, 0.2) is 17.5 Å². The molecule has 0 saturated heterocycles. The van der Waals surface area contributed by atoms with Crippen molar-refractivity contribution in [1.29, 1.82) is 0 Å². The molecule has 0 spiro atoms. The summed E-state index contributed by atoms with van der Waals surface area (Å²) in [5.41, 5.74) is 9.74. The van der Waals surface area contributed by atoms with Crippen molar-refractivity contribution in [3.05, 3.63) is 151 Å². The minimum atomic E-state index is -0.0293. The van der Waals surface area contributed by atoms with Crippen LogP contribution in [0.1, 0.15) is 25.0 Å². The predicted octanol–water partition coefficient (Wildman–Crippen LogP) is 11.4. The molecule has 7 aromatic carbocycles. The fourth-order valence-corrected chi connectivity index (χ4v) is 7.67. The topological polar surface area (TPSA) is 51.8 Å². The molecule has 4 nitrogen and oxygen atoms in total. The van der Waals surface area contributed by atoms with Crippen molar-refractivity contribution in [1.82, 2.24) is 15.0 Å². The van der Waals surface area contributed by atoms with Crippen LogP contribution in [0.15, 0.2) is 144 Å². The lowest BCUT2D eigenvalue weighted by Crippen LogP contribution is -2.14. The number of rotatable bonds is 3. The van der Waals surface area contributed by atoms with E-state index in [2.05, 4.69) is 92.7 Å². The summed E-state index contributed by atoms with van der Waals surface area (Å²) in [6.45, 7) is 4.66. The van der Waals surface area contributed by atoms with Crippen LogP contribution in [0.5, 0.6) is 0 Å². The van der Waals surface area contributed by atoms with Crippen molar-refractivity contribution in [2.45, 2.75) is 19.3 Å². The van der Waals surface area contributed by atoms with E-state index in [0.29, 0.717) is 17.5 Å². The number of fused-ring (bicyclic) bond motifs is 9. The first-order valence-corrected chi connectivity index (χ1v) is 16.4. The van der Waals surface area contributed by atoms with Crippen LogP contribution in [0, 0.1) is 0 Å². The van der Waals surface area contributed by atoms with E-state index in [0.717, 1.165) is 44.0 Å². The third kappa shape index (κ3) is 3.93. The van der Waals surface area contributed by atoms with Crippen LogP contribution in [0.3, 0.4) is 0 Å². The number of hydrogen-bond donors (Lipinski definition) is 0. The van der Waals surface area contributed by atoms with Gasteiger partial charge in [-0.25, -0.2) is 15.0 Å². The highest BCUT2D eigenvalue weighted by Crippen LogP contribution is 2.50. The quantitative estimate of drug-likeness (QED) is 0.186. The fraction of sp³-hybridized carbons (Fsp3) is 0.0682. The first-order chi connectivity index (χ1) is 23.5. The Hall–Kier alpha value is -6.13. The molecular formula is C44H29N3O. The monoisotopic (exact) mass is 615 g/mol. The molecule has 2 aromatic heterocycles. The first kappa shape index (κ1) is 27.0. The molecular weight excluding hydrogens is 587 g/mol. The lowest BCUT2D eigenvalue weighted by molar-refractivity contribution is 0.661. The van der Waals surface area contributed by atoms with Crippen LogP contribution >= 0.6 is 0 Å². The molecule has 0 saturated carbocycles. The summed E-state index contributed by atoms with van der Waals surface area (Å²) in [4.78, 5) is 15.1. The van der Waals surface area contributed by atoms with E-state index in [1.165, 1.54) is 38.4 Å². The molecule has 0 aliphatic heterocycles. The van der Waals surface area contributed by atoms with Gasteiger partial charge in [0.25, 0.3) is 0 Å². The second kappa shape index (κ2) is 9.93. The Bertz CT molecular complexity index is 2760. The maximum absolute atomic E-state index is 6.39. The predicted molar refractivity (Wildman–Crippen MR) is 196 cm³/mol. The number of para-hydroxylation sites is 2. The van der Waals surface area contributed by atoms with Crippen LogP contribution in [-0.4, -0.2) is 15.0 Å². The number of aromatic nitrogens is 3. The summed E-state index contributed by atoms with van der Waals surface area (Å²) in [6.07, 6.45) is 0. The normalized spacial score (nSPS) is 13.4. The van der Waals surface area contributed by atoms with Crippen LogP contribution in [0.25, 0.3) is 88.8 Å². The van der Waals surface area contributed by atoms with Gasteiger partial charge in [0.2, 0.25) is 0 Å². The van der Waals surface area contributed by atoms with E-state index in [4.69, 9.17) is 19.4 Å². The number of nitrogens with zero attached hydrogens (tertiary/aromatic N) is 3. The number of furan rings is 1. The molecule has 0 N–H and O–H groups in total.